The topological polar surface area (TPSA) is 192 Å². The molecule has 2 aromatic rings. The molecule has 2 unspecified atom stereocenters. The van der Waals surface area contributed by atoms with Crippen molar-refractivity contribution < 1.29 is 156 Å². The maximum Gasteiger partial charge on any atom is 1.00 e. The molecule has 0 bridgehead atoms. The van der Waals surface area contributed by atoms with Crippen LogP contribution in [0.2, 0.25) is 0 Å². The van der Waals surface area contributed by atoms with Gasteiger partial charge in [-0.05, 0) is 42.0 Å². The number of hydrogen-bond acceptors (Lipinski definition) is 9. The van der Waals surface area contributed by atoms with Crippen molar-refractivity contribution in [3.63, 3.8) is 0 Å². The number of unbranched alkanes of at least 4 members (excludes halogenated alkanes) is 15. The predicted molar refractivity (Wildman–Crippen MR) is 193 cm³/mol. The van der Waals surface area contributed by atoms with Crippen molar-refractivity contribution in [2.24, 2.45) is 5.92 Å². The molecule has 0 amide bonds. The van der Waals surface area contributed by atoms with Crippen LogP contribution in [0, 0.1) is 5.92 Å². The fourth-order valence-electron chi connectivity index (χ4n) is 6.55. The van der Waals surface area contributed by atoms with E-state index in [1.165, 1.54) is 25.7 Å². The third kappa shape index (κ3) is 21.1. The standard InChI is InChI=1S/C20H38O7S.C18H24O3S.K.2Na/c1-3-5-7-9-11-13-15-17(18(21)22)20(19(23)24,28(25,26)27)16-14-12-10-8-6-4-2;1-2-3-4-5-6-7-11-16-14-13-15-10-8-9-12-17(15)18(16)22(19,20)21;;;/h17H,3-16H2,1-2H3,(H,21,22)(H,23,24)(H,25,26,27);8-10,12-14H,2-7,11H2,1H3,(H,19,20,21);;;/q;;3*+1/p-3. The molecule has 0 aliphatic carbocycles. The molecule has 10 nitrogen and oxygen atoms in total. The Kier molecular flexibility index (Phi) is 35.3. The van der Waals surface area contributed by atoms with E-state index in [0.29, 0.717) is 36.6 Å². The summed E-state index contributed by atoms with van der Waals surface area (Å²) >= 11 is 0. The third-order valence-electron chi connectivity index (χ3n) is 9.41. The summed E-state index contributed by atoms with van der Waals surface area (Å²) in [4.78, 5) is 23.4. The Morgan fingerprint density at radius 1 is 0.679 bits per heavy atom. The van der Waals surface area contributed by atoms with Gasteiger partial charge >= 0.3 is 110 Å². The van der Waals surface area contributed by atoms with Crippen LogP contribution in [-0.4, -0.2) is 42.6 Å². The number of carbonyl (C=O) groups is 2. The van der Waals surface area contributed by atoms with E-state index >= 15 is 0 Å². The molecule has 15 heteroatoms. The number of aliphatic carboxylic acids is 2. The van der Waals surface area contributed by atoms with Crippen LogP contribution in [0.25, 0.3) is 10.8 Å². The van der Waals surface area contributed by atoms with Crippen LogP contribution >= 0.6 is 0 Å². The first-order valence-electron chi connectivity index (χ1n) is 18.5. The molecule has 0 saturated heterocycles. The number of carboxylic acids is 2. The Balaban J connectivity index is -0.000000911. The molecular formula is C38H59KNa2O10S2. The normalized spacial score (nSPS) is 12.9. The summed E-state index contributed by atoms with van der Waals surface area (Å²) in [6.45, 7) is 6.29. The second kappa shape index (κ2) is 32.0. The smallest absolute Gasteiger partial charge is 0.744 e. The van der Waals surface area contributed by atoms with Crippen LogP contribution in [0.3, 0.4) is 0 Å². The van der Waals surface area contributed by atoms with Crippen LogP contribution in [0.5, 0.6) is 0 Å². The number of aryl methyl sites for hydroxylation is 1. The van der Waals surface area contributed by atoms with Crippen molar-refractivity contribution in [2.45, 2.75) is 165 Å². The van der Waals surface area contributed by atoms with Gasteiger partial charge in [-0.3, -0.25) is 4.55 Å². The van der Waals surface area contributed by atoms with Gasteiger partial charge < -0.3 is 24.4 Å². The minimum Gasteiger partial charge on any atom is -0.744 e. The molecule has 0 fully saturated rings. The third-order valence-corrected chi connectivity index (χ3v) is 12.0. The largest absolute Gasteiger partial charge is 1.00 e. The van der Waals surface area contributed by atoms with E-state index in [0.717, 1.165) is 69.6 Å². The minimum absolute atomic E-state index is 0. The Morgan fingerprint density at radius 2 is 1.13 bits per heavy atom. The van der Waals surface area contributed by atoms with E-state index in [-0.39, 0.29) is 128 Å². The summed E-state index contributed by atoms with van der Waals surface area (Å²) < 4.78 is 65.9. The average molecular weight is 825 g/mol. The summed E-state index contributed by atoms with van der Waals surface area (Å²) in [6.07, 6.45) is 16.3. The average Bonchev–Trinajstić information content (AvgIpc) is 3.05. The second-order valence-corrected chi connectivity index (χ2v) is 16.3. The van der Waals surface area contributed by atoms with Gasteiger partial charge in [-0.15, -0.1) is 0 Å². The first-order chi connectivity index (χ1) is 23.7. The number of rotatable bonds is 26. The van der Waals surface area contributed by atoms with Crippen molar-refractivity contribution in [3.05, 3.63) is 42.0 Å². The predicted octanol–water partition coefficient (Wildman–Crippen LogP) is -2.11. The first kappa shape index (κ1) is 58.4. The quantitative estimate of drug-likeness (QED) is 0.0624. The Bertz CT molecular complexity index is 1520. The van der Waals surface area contributed by atoms with Gasteiger partial charge in [0.1, 0.15) is 14.9 Å². The van der Waals surface area contributed by atoms with Gasteiger partial charge in [0.05, 0.1) is 10.9 Å². The molecule has 0 aromatic heterocycles. The Morgan fingerprint density at radius 3 is 1.58 bits per heavy atom. The molecule has 0 aliphatic rings. The summed E-state index contributed by atoms with van der Waals surface area (Å²) in [5.41, 5.74) is 0.657. The Labute approximate surface area is 406 Å². The summed E-state index contributed by atoms with van der Waals surface area (Å²) in [6, 6.07) is 10.8. The zero-order valence-electron chi connectivity index (χ0n) is 33.3. The van der Waals surface area contributed by atoms with E-state index in [4.69, 9.17) is 0 Å². The fourth-order valence-corrected chi connectivity index (χ4v) is 8.68. The van der Waals surface area contributed by atoms with Gasteiger partial charge in [-0.1, -0.05) is 166 Å². The van der Waals surface area contributed by atoms with E-state index in [1.54, 1.807) is 18.2 Å². The molecule has 0 spiro atoms. The molecule has 2 atom stereocenters. The molecule has 0 radical (unpaired) electrons. The molecular weight excluding hydrogens is 766 g/mol. The van der Waals surface area contributed by atoms with Crippen molar-refractivity contribution >= 4 is 42.9 Å². The van der Waals surface area contributed by atoms with Crippen molar-refractivity contribution in [1.82, 2.24) is 0 Å². The number of benzene rings is 2. The summed E-state index contributed by atoms with van der Waals surface area (Å²) in [7, 11) is -9.66. The molecule has 0 heterocycles. The number of fused-ring (bicyclic) bond motifs is 1. The maximum atomic E-state index is 12.0. The van der Waals surface area contributed by atoms with Crippen LogP contribution in [-0.2, 0) is 36.2 Å². The van der Waals surface area contributed by atoms with E-state index in [2.05, 4.69) is 13.8 Å². The van der Waals surface area contributed by atoms with Gasteiger partial charge in [-0.2, -0.15) is 8.42 Å². The van der Waals surface area contributed by atoms with E-state index < -0.39 is 49.3 Å². The van der Waals surface area contributed by atoms with Crippen molar-refractivity contribution in [2.75, 3.05) is 0 Å². The van der Waals surface area contributed by atoms with Crippen LogP contribution in [0.4, 0.5) is 0 Å². The molecule has 53 heavy (non-hydrogen) atoms. The van der Waals surface area contributed by atoms with Crippen LogP contribution < -0.4 is 121 Å². The van der Waals surface area contributed by atoms with Crippen LogP contribution in [0.15, 0.2) is 41.3 Å². The zero-order chi connectivity index (χ0) is 37.6. The number of carbonyl (C=O) groups excluding carboxylic acids is 2. The molecule has 0 saturated carbocycles. The first-order valence-corrected chi connectivity index (χ1v) is 21.4. The molecule has 2 rings (SSSR count). The Hall–Kier alpha value is 1.10. The number of hydrogen-bond donors (Lipinski definition) is 1. The van der Waals surface area contributed by atoms with Crippen molar-refractivity contribution in [3.8, 4) is 0 Å². The maximum absolute atomic E-state index is 12.0. The summed E-state index contributed by atoms with van der Waals surface area (Å²) in [5, 5.41) is 24.8. The van der Waals surface area contributed by atoms with Gasteiger partial charge in [0.2, 0.25) is 0 Å². The molecule has 0 aliphatic heterocycles. The molecule has 286 valence electrons. The number of carboxylic acid groups (broad SMARTS) is 2. The van der Waals surface area contributed by atoms with E-state index in [9.17, 15) is 45.7 Å². The monoisotopic (exact) mass is 824 g/mol. The SMILES string of the molecule is CCCCCCCCC(C(=O)[O-])C(CCCCCCCC)(C(=O)[O-])S(=O)(=O)O.CCCCCCCCc1ccc2ccccc2c1S(=O)(=O)[O-].[K+].[Na+].[Na+]. The fraction of sp³-hybridized carbons (Fsp3) is 0.684. The zero-order valence-corrected chi connectivity index (χ0v) is 42.1. The summed E-state index contributed by atoms with van der Waals surface area (Å²) in [5.74, 6) is -5.68. The van der Waals surface area contributed by atoms with Gasteiger partial charge in [0.25, 0.3) is 10.1 Å². The second-order valence-electron chi connectivity index (χ2n) is 13.3. The van der Waals surface area contributed by atoms with Gasteiger partial charge in [-0.25, -0.2) is 8.42 Å². The van der Waals surface area contributed by atoms with Gasteiger partial charge in [0, 0.05) is 11.9 Å². The molecule has 2 aromatic carbocycles. The van der Waals surface area contributed by atoms with Crippen molar-refractivity contribution in [1.29, 1.82) is 0 Å². The van der Waals surface area contributed by atoms with Crippen LogP contribution in [0.1, 0.15) is 155 Å². The van der Waals surface area contributed by atoms with E-state index in [1.807, 2.05) is 25.1 Å². The van der Waals surface area contributed by atoms with Gasteiger partial charge in [0.15, 0.2) is 0 Å². The minimum atomic E-state index is -5.20. The molecule has 1 N–H and O–H groups in total.